The van der Waals surface area contributed by atoms with Crippen LogP contribution in [0.15, 0.2) is 24.3 Å². The molecular formula is C18H23N3O2. The minimum Gasteiger partial charge on any atom is -0.372 e. The molecule has 1 aromatic rings. The van der Waals surface area contributed by atoms with E-state index >= 15 is 0 Å². The molecule has 3 aliphatic rings. The van der Waals surface area contributed by atoms with E-state index in [1.807, 2.05) is 21.9 Å². The van der Waals surface area contributed by atoms with Gasteiger partial charge in [-0.2, -0.15) is 0 Å². The molecule has 5 heteroatoms. The van der Waals surface area contributed by atoms with Crippen LogP contribution in [0.2, 0.25) is 0 Å². The van der Waals surface area contributed by atoms with Crippen molar-refractivity contribution in [2.24, 2.45) is 0 Å². The minimum atomic E-state index is 0.105. The summed E-state index contributed by atoms with van der Waals surface area (Å²) in [4.78, 5) is 30.6. The maximum Gasteiger partial charge on any atom is 0.254 e. The van der Waals surface area contributed by atoms with Crippen molar-refractivity contribution in [2.45, 2.75) is 38.3 Å². The summed E-state index contributed by atoms with van der Waals surface area (Å²) in [6.45, 7) is 5.21. The summed E-state index contributed by atoms with van der Waals surface area (Å²) < 4.78 is 0. The zero-order valence-electron chi connectivity index (χ0n) is 13.6. The molecule has 0 saturated carbocycles. The van der Waals surface area contributed by atoms with Gasteiger partial charge in [-0.15, -0.1) is 0 Å². The predicted octanol–water partition coefficient (Wildman–Crippen LogP) is 1.73. The van der Waals surface area contributed by atoms with E-state index in [1.54, 1.807) is 6.92 Å². The molecule has 2 bridgehead atoms. The lowest BCUT2D eigenvalue weighted by atomic mass is 10.1. The largest absolute Gasteiger partial charge is 0.372 e. The van der Waals surface area contributed by atoms with E-state index in [0.29, 0.717) is 13.1 Å². The van der Waals surface area contributed by atoms with Gasteiger partial charge in [0.1, 0.15) is 0 Å². The number of anilines is 1. The first-order valence-electron chi connectivity index (χ1n) is 8.56. The van der Waals surface area contributed by atoms with Crippen molar-refractivity contribution in [2.75, 3.05) is 31.1 Å². The predicted molar refractivity (Wildman–Crippen MR) is 88.5 cm³/mol. The van der Waals surface area contributed by atoms with Crippen LogP contribution in [0, 0.1) is 0 Å². The van der Waals surface area contributed by atoms with Crippen molar-refractivity contribution in [3.05, 3.63) is 29.8 Å². The molecule has 3 aliphatic heterocycles. The standard InChI is InChI=1S/C18H23N3O2/c1-13(22)20-11-17-10-16(20)12-21(17)18(23)14-4-6-15(7-5-14)19-8-2-3-9-19/h4-7,16-17H,2-3,8-12H2,1H3/t16-,17-/m0/s1. The molecule has 0 unspecified atom stereocenters. The van der Waals surface area contributed by atoms with Gasteiger partial charge in [0.2, 0.25) is 5.91 Å². The molecule has 0 radical (unpaired) electrons. The van der Waals surface area contributed by atoms with E-state index < -0.39 is 0 Å². The maximum atomic E-state index is 12.8. The molecule has 2 atom stereocenters. The number of hydrogen-bond donors (Lipinski definition) is 0. The molecule has 122 valence electrons. The lowest BCUT2D eigenvalue weighted by Gasteiger charge is -2.33. The van der Waals surface area contributed by atoms with E-state index in [2.05, 4.69) is 17.0 Å². The lowest BCUT2D eigenvalue weighted by Crippen LogP contribution is -2.50. The number of carbonyl (C=O) groups is 2. The van der Waals surface area contributed by atoms with Crippen LogP contribution in [0.4, 0.5) is 5.69 Å². The maximum absolute atomic E-state index is 12.8. The zero-order chi connectivity index (χ0) is 16.0. The summed E-state index contributed by atoms with van der Waals surface area (Å²) in [6.07, 6.45) is 3.44. The van der Waals surface area contributed by atoms with Crippen molar-refractivity contribution in [1.82, 2.24) is 9.80 Å². The van der Waals surface area contributed by atoms with Crippen LogP contribution in [0.5, 0.6) is 0 Å². The van der Waals surface area contributed by atoms with Crippen LogP contribution >= 0.6 is 0 Å². The number of carbonyl (C=O) groups excluding carboxylic acids is 2. The number of piperazine rings is 1. The van der Waals surface area contributed by atoms with Crippen molar-refractivity contribution >= 4 is 17.5 Å². The van der Waals surface area contributed by atoms with Gasteiger partial charge in [-0.25, -0.2) is 0 Å². The quantitative estimate of drug-likeness (QED) is 0.835. The van der Waals surface area contributed by atoms with E-state index in [9.17, 15) is 9.59 Å². The first kappa shape index (κ1) is 14.5. The van der Waals surface area contributed by atoms with Crippen LogP contribution in [0.3, 0.4) is 0 Å². The second-order valence-electron chi connectivity index (χ2n) is 6.91. The molecule has 2 amide bonds. The highest BCUT2D eigenvalue weighted by Crippen LogP contribution is 2.32. The van der Waals surface area contributed by atoms with E-state index in [4.69, 9.17) is 0 Å². The Balaban J connectivity index is 1.45. The Hall–Kier alpha value is -2.04. The van der Waals surface area contributed by atoms with Crippen LogP contribution in [0.1, 0.15) is 36.5 Å². The second-order valence-corrected chi connectivity index (χ2v) is 6.91. The van der Waals surface area contributed by atoms with E-state index in [0.717, 1.165) is 25.1 Å². The SMILES string of the molecule is CC(=O)N1C[C@@H]2C[C@H]1CN2C(=O)c1ccc(N2CCCC2)cc1. The Morgan fingerprint density at radius 2 is 1.57 bits per heavy atom. The number of nitrogens with zero attached hydrogens (tertiary/aromatic N) is 3. The van der Waals surface area contributed by atoms with Crippen LogP contribution in [0.25, 0.3) is 0 Å². The summed E-state index contributed by atoms with van der Waals surface area (Å²) in [6, 6.07) is 8.43. The fourth-order valence-corrected chi connectivity index (χ4v) is 4.26. The highest BCUT2D eigenvalue weighted by molar-refractivity contribution is 5.95. The third-order valence-corrected chi connectivity index (χ3v) is 5.49. The molecule has 5 nitrogen and oxygen atoms in total. The topological polar surface area (TPSA) is 43.9 Å². The molecule has 1 aromatic carbocycles. The lowest BCUT2D eigenvalue weighted by molar-refractivity contribution is -0.130. The van der Waals surface area contributed by atoms with Crippen LogP contribution < -0.4 is 4.90 Å². The van der Waals surface area contributed by atoms with Gasteiger partial charge in [-0.3, -0.25) is 9.59 Å². The number of amides is 2. The molecule has 3 fully saturated rings. The Bertz CT molecular complexity index is 622. The van der Waals surface area contributed by atoms with Crippen LogP contribution in [-0.4, -0.2) is 59.9 Å². The second kappa shape index (κ2) is 5.55. The highest BCUT2D eigenvalue weighted by Gasteiger charge is 2.46. The van der Waals surface area contributed by atoms with Gasteiger partial charge in [-0.1, -0.05) is 0 Å². The summed E-state index contributed by atoms with van der Waals surface area (Å²) >= 11 is 0. The number of benzene rings is 1. The molecule has 0 aliphatic carbocycles. The Labute approximate surface area is 136 Å². The van der Waals surface area contributed by atoms with Gasteiger partial charge in [0.15, 0.2) is 0 Å². The Morgan fingerprint density at radius 3 is 2.13 bits per heavy atom. The van der Waals surface area contributed by atoms with Gasteiger partial charge in [0, 0.05) is 44.4 Å². The van der Waals surface area contributed by atoms with Gasteiger partial charge >= 0.3 is 0 Å². The molecule has 3 heterocycles. The molecule has 4 rings (SSSR count). The molecular weight excluding hydrogens is 290 g/mol. The van der Waals surface area contributed by atoms with E-state index in [1.165, 1.54) is 18.5 Å². The molecule has 0 spiro atoms. The van der Waals surface area contributed by atoms with Crippen LogP contribution in [-0.2, 0) is 4.79 Å². The van der Waals surface area contributed by atoms with Crippen molar-refractivity contribution < 1.29 is 9.59 Å². The minimum absolute atomic E-state index is 0.105. The molecule has 23 heavy (non-hydrogen) atoms. The average molecular weight is 313 g/mol. The first-order valence-corrected chi connectivity index (χ1v) is 8.56. The molecule has 0 aromatic heterocycles. The zero-order valence-corrected chi connectivity index (χ0v) is 13.6. The number of fused-ring (bicyclic) bond motifs is 2. The van der Waals surface area contributed by atoms with Crippen molar-refractivity contribution in [1.29, 1.82) is 0 Å². The van der Waals surface area contributed by atoms with E-state index in [-0.39, 0.29) is 23.9 Å². The fraction of sp³-hybridized carbons (Fsp3) is 0.556. The molecule has 0 N–H and O–H groups in total. The fourth-order valence-electron chi connectivity index (χ4n) is 4.26. The highest BCUT2D eigenvalue weighted by atomic mass is 16.2. The van der Waals surface area contributed by atoms with Gasteiger partial charge in [-0.05, 0) is 43.5 Å². The molecule has 3 saturated heterocycles. The summed E-state index contributed by atoms with van der Waals surface area (Å²) in [5.74, 6) is 0.230. The monoisotopic (exact) mass is 313 g/mol. The normalized spacial score (nSPS) is 26.2. The van der Waals surface area contributed by atoms with Crippen molar-refractivity contribution in [3.8, 4) is 0 Å². The summed E-state index contributed by atoms with van der Waals surface area (Å²) in [7, 11) is 0. The third-order valence-electron chi connectivity index (χ3n) is 5.49. The smallest absolute Gasteiger partial charge is 0.254 e. The number of likely N-dealkylation sites (tertiary alicyclic amines) is 2. The summed E-state index contributed by atoms with van der Waals surface area (Å²) in [5.41, 5.74) is 1.97. The third kappa shape index (κ3) is 2.48. The van der Waals surface area contributed by atoms with Crippen molar-refractivity contribution in [3.63, 3.8) is 0 Å². The first-order chi connectivity index (χ1) is 11.1. The van der Waals surface area contributed by atoms with Gasteiger partial charge in [0.25, 0.3) is 5.91 Å². The summed E-state index contributed by atoms with van der Waals surface area (Å²) in [5, 5.41) is 0. The number of rotatable bonds is 2. The van der Waals surface area contributed by atoms with Gasteiger partial charge < -0.3 is 14.7 Å². The Morgan fingerprint density at radius 1 is 0.957 bits per heavy atom. The average Bonchev–Trinajstić information content (AvgIpc) is 3.30. The van der Waals surface area contributed by atoms with Gasteiger partial charge in [0.05, 0.1) is 12.1 Å². The number of hydrogen-bond acceptors (Lipinski definition) is 3. The Kier molecular flexibility index (Phi) is 3.51.